The van der Waals surface area contributed by atoms with Gasteiger partial charge in [0.15, 0.2) is 0 Å². The minimum atomic E-state index is 0.112. The van der Waals surface area contributed by atoms with Crippen LogP contribution in [0.25, 0.3) is 0 Å². The molecule has 0 spiro atoms. The third-order valence-electron chi connectivity index (χ3n) is 4.54. The maximum atomic E-state index is 13.1. The number of para-hydroxylation sites is 1. The number of benzene rings is 3. The number of fused-ring (bicyclic) bond motifs is 1. The summed E-state index contributed by atoms with van der Waals surface area (Å²) in [5.41, 5.74) is 3.10. The number of carbonyl (C=O) groups excluding carboxylic acids is 1. The highest BCUT2D eigenvalue weighted by atomic mass is 35.5. The Morgan fingerprint density at radius 2 is 1.62 bits per heavy atom. The lowest BCUT2D eigenvalue weighted by atomic mass is 10.1. The molecule has 26 heavy (non-hydrogen) atoms. The first kappa shape index (κ1) is 17.2. The van der Waals surface area contributed by atoms with Crippen LogP contribution in [-0.4, -0.2) is 5.91 Å². The van der Waals surface area contributed by atoms with Gasteiger partial charge in [-0.3, -0.25) is 4.79 Å². The Morgan fingerprint density at radius 3 is 2.42 bits per heavy atom. The van der Waals surface area contributed by atoms with Gasteiger partial charge in [-0.05, 0) is 29.3 Å². The van der Waals surface area contributed by atoms with Gasteiger partial charge in [-0.15, -0.1) is 11.8 Å². The van der Waals surface area contributed by atoms with Crippen LogP contribution in [0.1, 0.15) is 22.8 Å². The Balaban J connectivity index is 1.72. The maximum absolute atomic E-state index is 13.1. The quantitative estimate of drug-likeness (QED) is 0.547. The molecule has 0 saturated heterocycles. The van der Waals surface area contributed by atoms with Crippen molar-refractivity contribution >= 4 is 35.0 Å². The summed E-state index contributed by atoms with van der Waals surface area (Å²) in [6, 6.07) is 26.1. The second-order valence-electron chi connectivity index (χ2n) is 6.26. The van der Waals surface area contributed by atoms with Gasteiger partial charge in [-0.1, -0.05) is 72.3 Å². The molecule has 0 aliphatic carbocycles. The summed E-state index contributed by atoms with van der Waals surface area (Å²) in [6.07, 6.45) is 0.466. The van der Waals surface area contributed by atoms with E-state index in [1.54, 1.807) is 11.8 Å². The zero-order valence-electron chi connectivity index (χ0n) is 14.1. The molecule has 1 unspecified atom stereocenters. The fourth-order valence-electron chi connectivity index (χ4n) is 3.20. The van der Waals surface area contributed by atoms with Gasteiger partial charge in [-0.2, -0.15) is 0 Å². The van der Waals surface area contributed by atoms with Gasteiger partial charge in [0.05, 0.1) is 12.2 Å². The van der Waals surface area contributed by atoms with Crippen molar-refractivity contribution in [3.05, 3.63) is 95.0 Å². The number of anilines is 1. The Labute approximate surface area is 162 Å². The maximum Gasteiger partial charge on any atom is 0.228 e. The van der Waals surface area contributed by atoms with Gasteiger partial charge in [0.1, 0.15) is 0 Å². The minimum absolute atomic E-state index is 0.112. The lowest BCUT2D eigenvalue weighted by Gasteiger charge is -2.23. The van der Waals surface area contributed by atoms with Crippen LogP contribution in [0.4, 0.5) is 5.69 Å². The molecule has 1 amide bonds. The standard InChI is InChI=1S/C22H18ClNOS/c23-18-11-5-4-10-17(18)15-24-19-12-6-7-13-20(19)26-21(14-22(24)25)16-8-2-1-3-9-16/h1-13,21H,14-15H2. The number of carbonyl (C=O) groups is 1. The number of rotatable bonds is 3. The first-order valence-electron chi connectivity index (χ1n) is 8.57. The highest BCUT2D eigenvalue weighted by molar-refractivity contribution is 7.99. The van der Waals surface area contributed by atoms with Crippen molar-refractivity contribution < 1.29 is 4.79 Å². The van der Waals surface area contributed by atoms with E-state index in [0.717, 1.165) is 16.1 Å². The summed E-state index contributed by atoms with van der Waals surface area (Å²) in [4.78, 5) is 16.1. The van der Waals surface area contributed by atoms with Crippen LogP contribution in [-0.2, 0) is 11.3 Å². The molecule has 3 aromatic carbocycles. The Bertz CT molecular complexity index is 928. The van der Waals surface area contributed by atoms with Gasteiger partial charge < -0.3 is 4.90 Å². The lowest BCUT2D eigenvalue weighted by Crippen LogP contribution is -2.30. The topological polar surface area (TPSA) is 20.3 Å². The van der Waals surface area contributed by atoms with Gasteiger partial charge >= 0.3 is 0 Å². The molecule has 4 rings (SSSR count). The Kier molecular flexibility index (Phi) is 5.00. The van der Waals surface area contributed by atoms with E-state index in [1.807, 2.05) is 65.6 Å². The highest BCUT2D eigenvalue weighted by Crippen LogP contribution is 2.45. The summed E-state index contributed by atoms with van der Waals surface area (Å²) in [5, 5.41) is 0.801. The lowest BCUT2D eigenvalue weighted by molar-refractivity contribution is -0.118. The predicted octanol–water partition coefficient (Wildman–Crippen LogP) is 6.11. The first-order chi connectivity index (χ1) is 12.7. The molecule has 1 aliphatic heterocycles. The van der Waals surface area contributed by atoms with E-state index in [4.69, 9.17) is 11.6 Å². The van der Waals surface area contributed by atoms with E-state index < -0.39 is 0 Å². The zero-order valence-corrected chi connectivity index (χ0v) is 15.7. The second kappa shape index (κ2) is 7.56. The van der Waals surface area contributed by atoms with E-state index in [1.165, 1.54) is 5.56 Å². The molecule has 0 fully saturated rings. The number of hydrogen-bond donors (Lipinski definition) is 0. The summed E-state index contributed by atoms with van der Waals surface area (Å²) in [6.45, 7) is 0.484. The first-order valence-corrected chi connectivity index (χ1v) is 9.82. The van der Waals surface area contributed by atoms with Crippen LogP contribution >= 0.6 is 23.4 Å². The molecule has 130 valence electrons. The molecule has 0 N–H and O–H groups in total. The average molecular weight is 380 g/mol. The minimum Gasteiger partial charge on any atom is -0.307 e. The number of nitrogens with zero attached hydrogens (tertiary/aromatic N) is 1. The molecule has 0 saturated carbocycles. The summed E-state index contributed by atoms with van der Waals surface area (Å²) in [7, 11) is 0. The van der Waals surface area contributed by atoms with Crippen molar-refractivity contribution in [2.24, 2.45) is 0 Å². The molecular formula is C22H18ClNOS. The van der Waals surface area contributed by atoms with Gasteiger partial charge in [0.2, 0.25) is 5.91 Å². The van der Waals surface area contributed by atoms with Crippen molar-refractivity contribution in [2.45, 2.75) is 23.1 Å². The highest BCUT2D eigenvalue weighted by Gasteiger charge is 2.29. The van der Waals surface area contributed by atoms with Crippen molar-refractivity contribution in [3.8, 4) is 0 Å². The molecule has 1 aliphatic rings. The van der Waals surface area contributed by atoms with Crippen LogP contribution in [0.3, 0.4) is 0 Å². The van der Waals surface area contributed by atoms with Crippen LogP contribution in [0.5, 0.6) is 0 Å². The van der Waals surface area contributed by atoms with Crippen molar-refractivity contribution in [2.75, 3.05) is 4.90 Å². The van der Waals surface area contributed by atoms with Crippen molar-refractivity contribution in [1.29, 1.82) is 0 Å². The second-order valence-corrected chi connectivity index (χ2v) is 7.91. The zero-order chi connectivity index (χ0) is 17.9. The molecule has 3 aromatic rings. The van der Waals surface area contributed by atoms with Crippen LogP contribution < -0.4 is 4.90 Å². The average Bonchev–Trinajstić information content (AvgIpc) is 2.81. The van der Waals surface area contributed by atoms with Gasteiger partial charge in [0, 0.05) is 21.6 Å². The SMILES string of the molecule is O=C1CC(c2ccccc2)Sc2ccccc2N1Cc1ccccc1Cl. The van der Waals surface area contributed by atoms with Crippen LogP contribution in [0.15, 0.2) is 83.8 Å². The van der Waals surface area contributed by atoms with E-state index in [2.05, 4.69) is 18.2 Å². The third-order valence-corrected chi connectivity index (χ3v) is 6.24. The normalized spacial score (nSPS) is 16.9. The van der Waals surface area contributed by atoms with Gasteiger partial charge in [0.25, 0.3) is 0 Å². The molecule has 0 radical (unpaired) electrons. The van der Waals surface area contributed by atoms with E-state index in [-0.39, 0.29) is 11.2 Å². The molecule has 0 bridgehead atoms. The van der Waals surface area contributed by atoms with Crippen molar-refractivity contribution in [1.82, 2.24) is 0 Å². The Hall–Kier alpha value is -2.23. The number of thioether (sulfide) groups is 1. The third kappa shape index (κ3) is 3.50. The molecule has 2 nitrogen and oxygen atoms in total. The molecule has 1 atom stereocenters. The van der Waals surface area contributed by atoms with Crippen LogP contribution in [0.2, 0.25) is 5.02 Å². The number of amides is 1. The smallest absolute Gasteiger partial charge is 0.228 e. The fourth-order valence-corrected chi connectivity index (χ4v) is 4.68. The summed E-state index contributed by atoms with van der Waals surface area (Å²) < 4.78 is 0. The summed E-state index contributed by atoms with van der Waals surface area (Å²) in [5.74, 6) is 0.122. The molecule has 1 heterocycles. The molecule has 0 aromatic heterocycles. The summed E-state index contributed by atoms with van der Waals surface area (Å²) >= 11 is 8.10. The number of hydrogen-bond acceptors (Lipinski definition) is 2. The van der Waals surface area contributed by atoms with E-state index in [0.29, 0.717) is 18.0 Å². The van der Waals surface area contributed by atoms with E-state index in [9.17, 15) is 4.79 Å². The van der Waals surface area contributed by atoms with Gasteiger partial charge in [-0.25, -0.2) is 0 Å². The molecule has 4 heteroatoms. The van der Waals surface area contributed by atoms with Crippen LogP contribution in [0, 0.1) is 0 Å². The molecular weight excluding hydrogens is 362 g/mol. The monoisotopic (exact) mass is 379 g/mol. The van der Waals surface area contributed by atoms with E-state index >= 15 is 0 Å². The Morgan fingerprint density at radius 1 is 0.923 bits per heavy atom. The fraction of sp³-hybridized carbons (Fsp3) is 0.136. The predicted molar refractivity (Wildman–Crippen MR) is 109 cm³/mol. The largest absolute Gasteiger partial charge is 0.307 e. The van der Waals surface area contributed by atoms with Crippen molar-refractivity contribution in [3.63, 3.8) is 0 Å². The number of halogens is 1.